The van der Waals surface area contributed by atoms with Crippen LogP contribution in [0, 0.1) is 0 Å². The molecule has 0 bridgehead atoms. The van der Waals surface area contributed by atoms with Gasteiger partial charge in [-0.1, -0.05) is 12.5 Å². The average Bonchev–Trinajstić information content (AvgIpc) is 2.83. The monoisotopic (exact) mass is 462 g/mol. The molecule has 3 rings (SSSR count). The maximum atomic E-state index is 13.2. The topological polar surface area (TPSA) is 94.2 Å². The van der Waals surface area contributed by atoms with E-state index in [1.165, 1.54) is 23.5 Å². The third-order valence-corrected chi connectivity index (χ3v) is 7.53. The van der Waals surface area contributed by atoms with Crippen LogP contribution in [0.3, 0.4) is 0 Å². The number of carbonyl (C=O) groups excluding carboxylic acids is 1. The van der Waals surface area contributed by atoms with E-state index >= 15 is 0 Å². The van der Waals surface area contributed by atoms with Crippen LogP contribution in [0.5, 0.6) is 17.2 Å². The molecule has 0 aliphatic carbocycles. The zero-order valence-electron chi connectivity index (χ0n) is 18.9. The smallest absolute Gasteiger partial charge is 0.251 e. The molecule has 1 aliphatic heterocycles. The average molecular weight is 463 g/mol. The van der Waals surface area contributed by atoms with E-state index in [0.717, 1.165) is 24.8 Å². The van der Waals surface area contributed by atoms with Gasteiger partial charge in [0.2, 0.25) is 10.0 Å². The summed E-state index contributed by atoms with van der Waals surface area (Å²) in [5.41, 5.74) is 1.07. The van der Waals surface area contributed by atoms with Crippen molar-refractivity contribution in [1.82, 2.24) is 9.62 Å². The Morgan fingerprint density at radius 1 is 0.906 bits per heavy atom. The number of hydrogen-bond donors (Lipinski definition) is 1. The molecule has 9 heteroatoms. The fourth-order valence-corrected chi connectivity index (χ4v) is 5.45. The maximum Gasteiger partial charge on any atom is 0.251 e. The SMILES string of the molecule is COc1ccc(C(C)NC(=O)c2ccc(OC)c(S(=O)(=O)N3CCCCC3)c2)cc1OC. The molecule has 1 aliphatic rings. The predicted molar refractivity (Wildman–Crippen MR) is 121 cm³/mol. The van der Waals surface area contributed by atoms with Crippen molar-refractivity contribution in [2.45, 2.75) is 37.1 Å². The van der Waals surface area contributed by atoms with Crippen molar-refractivity contribution >= 4 is 15.9 Å². The van der Waals surface area contributed by atoms with Gasteiger partial charge in [-0.25, -0.2) is 8.42 Å². The van der Waals surface area contributed by atoms with Gasteiger partial charge in [0.15, 0.2) is 11.5 Å². The molecule has 0 saturated carbocycles. The van der Waals surface area contributed by atoms with Gasteiger partial charge < -0.3 is 19.5 Å². The van der Waals surface area contributed by atoms with Crippen LogP contribution in [0.2, 0.25) is 0 Å². The summed E-state index contributed by atoms with van der Waals surface area (Å²) in [6, 6.07) is 9.53. The molecule has 1 heterocycles. The Hall–Kier alpha value is -2.78. The van der Waals surface area contributed by atoms with Gasteiger partial charge >= 0.3 is 0 Å². The number of hydrogen-bond acceptors (Lipinski definition) is 6. The second kappa shape index (κ2) is 10.2. The number of amides is 1. The Kier molecular flexibility index (Phi) is 7.63. The van der Waals surface area contributed by atoms with Crippen molar-refractivity contribution in [2.75, 3.05) is 34.4 Å². The van der Waals surface area contributed by atoms with Crippen LogP contribution in [0.15, 0.2) is 41.3 Å². The second-order valence-electron chi connectivity index (χ2n) is 7.64. The highest BCUT2D eigenvalue weighted by atomic mass is 32.2. The van der Waals surface area contributed by atoms with E-state index in [4.69, 9.17) is 14.2 Å². The van der Waals surface area contributed by atoms with Gasteiger partial charge in [0.1, 0.15) is 10.6 Å². The van der Waals surface area contributed by atoms with E-state index in [1.54, 1.807) is 32.4 Å². The fraction of sp³-hybridized carbons (Fsp3) is 0.435. The number of benzene rings is 2. The molecule has 2 aromatic rings. The van der Waals surface area contributed by atoms with Crippen LogP contribution >= 0.6 is 0 Å². The number of methoxy groups -OCH3 is 3. The number of carbonyl (C=O) groups is 1. The third kappa shape index (κ3) is 4.99. The molecule has 0 spiro atoms. The van der Waals surface area contributed by atoms with Gasteiger partial charge in [0.05, 0.1) is 27.4 Å². The lowest BCUT2D eigenvalue weighted by atomic mass is 10.1. The van der Waals surface area contributed by atoms with E-state index in [-0.39, 0.29) is 28.2 Å². The lowest BCUT2D eigenvalue weighted by Gasteiger charge is -2.26. The number of rotatable bonds is 8. The summed E-state index contributed by atoms with van der Waals surface area (Å²) in [6.07, 6.45) is 2.66. The van der Waals surface area contributed by atoms with Crippen LogP contribution < -0.4 is 19.5 Å². The summed E-state index contributed by atoms with van der Waals surface area (Å²) in [5.74, 6) is 0.994. The molecule has 0 radical (unpaired) electrons. The lowest BCUT2D eigenvalue weighted by Crippen LogP contribution is -2.36. The highest BCUT2D eigenvalue weighted by molar-refractivity contribution is 7.89. The molecular formula is C23H30N2O6S. The van der Waals surface area contributed by atoms with Crippen LogP contribution in [-0.2, 0) is 10.0 Å². The standard InChI is InChI=1S/C23H30N2O6S/c1-16(17-8-10-19(29-2)21(14-17)31-4)24-23(26)18-9-11-20(30-3)22(15-18)32(27,28)25-12-6-5-7-13-25/h8-11,14-16H,5-7,12-13H2,1-4H3,(H,24,26). The highest BCUT2D eigenvalue weighted by Crippen LogP contribution is 2.31. The molecule has 1 saturated heterocycles. The Labute approximate surface area is 189 Å². The molecule has 0 aromatic heterocycles. The first-order valence-electron chi connectivity index (χ1n) is 10.5. The zero-order valence-corrected chi connectivity index (χ0v) is 19.7. The third-order valence-electron chi connectivity index (χ3n) is 5.61. The largest absolute Gasteiger partial charge is 0.495 e. The van der Waals surface area contributed by atoms with E-state index in [0.29, 0.717) is 24.6 Å². The van der Waals surface area contributed by atoms with Crippen LogP contribution in [0.1, 0.15) is 48.1 Å². The number of piperidine rings is 1. The van der Waals surface area contributed by atoms with E-state index in [1.807, 2.05) is 13.0 Å². The van der Waals surface area contributed by atoms with Gasteiger partial charge in [-0.15, -0.1) is 0 Å². The number of ether oxygens (including phenoxy) is 3. The quantitative estimate of drug-likeness (QED) is 0.646. The molecule has 1 atom stereocenters. The van der Waals surface area contributed by atoms with Gasteiger partial charge in [0, 0.05) is 18.7 Å². The molecular weight excluding hydrogens is 432 g/mol. The van der Waals surface area contributed by atoms with Gasteiger partial charge in [0.25, 0.3) is 5.91 Å². The first-order chi connectivity index (χ1) is 15.3. The van der Waals surface area contributed by atoms with E-state index < -0.39 is 10.0 Å². The fourth-order valence-electron chi connectivity index (χ4n) is 3.75. The predicted octanol–water partition coefficient (Wildman–Crippen LogP) is 3.38. The molecule has 1 unspecified atom stereocenters. The summed E-state index contributed by atoms with van der Waals surface area (Å²) < 4.78 is 43.7. The Bertz CT molecular complexity index is 1060. The summed E-state index contributed by atoms with van der Waals surface area (Å²) in [7, 11) is 0.765. The number of sulfonamides is 1. The van der Waals surface area contributed by atoms with E-state index in [9.17, 15) is 13.2 Å². The summed E-state index contributed by atoms with van der Waals surface area (Å²) >= 11 is 0. The zero-order chi connectivity index (χ0) is 23.3. The molecule has 1 fully saturated rings. The van der Waals surface area contributed by atoms with Crippen molar-refractivity contribution in [3.63, 3.8) is 0 Å². The minimum atomic E-state index is -3.76. The Morgan fingerprint density at radius 3 is 2.16 bits per heavy atom. The Morgan fingerprint density at radius 2 is 1.53 bits per heavy atom. The van der Waals surface area contributed by atoms with E-state index in [2.05, 4.69) is 5.32 Å². The van der Waals surface area contributed by atoms with Crippen molar-refractivity contribution < 1.29 is 27.4 Å². The maximum absolute atomic E-state index is 13.2. The van der Waals surface area contributed by atoms with Crippen molar-refractivity contribution in [3.05, 3.63) is 47.5 Å². The minimum absolute atomic E-state index is 0.00770. The van der Waals surface area contributed by atoms with Crippen molar-refractivity contribution in [3.8, 4) is 17.2 Å². The lowest BCUT2D eigenvalue weighted by molar-refractivity contribution is 0.0939. The normalized spacial score (nSPS) is 15.6. The van der Waals surface area contributed by atoms with Crippen LogP contribution in [0.4, 0.5) is 0 Å². The molecule has 174 valence electrons. The molecule has 2 aromatic carbocycles. The first kappa shape index (κ1) is 23.9. The van der Waals surface area contributed by atoms with Gasteiger partial charge in [-0.2, -0.15) is 4.31 Å². The molecule has 1 amide bonds. The summed E-state index contributed by atoms with van der Waals surface area (Å²) in [6.45, 7) is 2.78. The van der Waals surface area contributed by atoms with Crippen molar-refractivity contribution in [1.29, 1.82) is 0 Å². The van der Waals surface area contributed by atoms with Crippen molar-refractivity contribution in [2.24, 2.45) is 0 Å². The number of nitrogens with one attached hydrogen (secondary N) is 1. The first-order valence-corrected chi connectivity index (χ1v) is 12.0. The Balaban J connectivity index is 1.85. The second-order valence-corrected chi connectivity index (χ2v) is 9.55. The summed E-state index contributed by atoms with van der Waals surface area (Å²) in [5, 5.41) is 2.91. The minimum Gasteiger partial charge on any atom is -0.495 e. The summed E-state index contributed by atoms with van der Waals surface area (Å²) in [4.78, 5) is 13.0. The molecule has 8 nitrogen and oxygen atoms in total. The van der Waals surface area contributed by atoms with Crippen LogP contribution in [0.25, 0.3) is 0 Å². The molecule has 32 heavy (non-hydrogen) atoms. The van der Waals surface area contributed by atoms with Gasteiger partial charge in [-0.3, -0.25) is 4.79 Å². The van der Waals surface area contributed by atoms with Crippen LogP contribution in [-0.4, -0.2) is 53.0 Å². The molecule has 1 N–H and O–H groups in total. The highest BCUT2D eigenvalue weighted by Gasteiger charge is 2.30. The number of nitrogens with zero attached hydrogens (tertiary/aromatic N) is 1. The van der Waals surface area contributed by atoms with Gasteiger partial charge in [-0.05, 0) is 55.7 Å².